The van der Waals surface area contributed by atoms with Gasteiger partial charge in [-0.2, -0.15) is 5.10 Å². The van der Waals surface area contributed by atoms with Gasteiger partial charge in [0.05, 0.1) is 12.6 Å². The molecule has 0 fully saturated rings. The molecular formula is C21H21FN4O2S2. The van der Waals surface area contributed by atoms with Crippen LogP contribution in [0, 0.1) is 10.6 Å². The zero-order valence-corrected chi connectivity index (χ0v) is 18.0. The van der Waals surface area contributed by atoms with Crippen molar-refractivity contribution >= 4 is 29.9 Å². The monoisotopic (exact) mass is 444 g/mol. The summed E-state index contributed by atoms with van der Waals surface area (Å²) < 4.78 is 21.2. The number of fused-ring (bicyclic) bond motifs is 1. The third-order valence-electron chi connectivity index (χ3n) is 4.83. The van der Waals surface area contributed by atoms with Gasteiger partial charge >= 0.3 is 0 Å². The van der Waals surface area contributed by atoms with Crippen molar-refractivity contribution in [3.8, 4) is 17.1 Å². The molecule has 3 aromatic rings. The highest BCUT2D eigenvalue weighted by Crippen LogP contribution is 2.36. The van der Waals surface area contributed by atoms with Gasteiger partial charge in [-0.15, -0.1) is 11.8 Å². The molecule has 156 valence electrons. The summed E-state index contributed by atoms with van der Waals surface area (Å²) in [6.07, 6.45) is 0.745. The number of thioether (sulfide) groups is 1. The lowest BCUT2D eigenvalue weighted by Gasteiger charge is -2.26. The number of ether oxygens (including phenoxy) is 1. The molecule has 1 atom stereocenters. The predicted molar refractivity (Wildman–Crippen MR) is 117 cm³/mol. The van der Waals surface area contributed by atoms with Crippen LogP contribution >= 0.6 is 24.0 Å². The number of nitrogens with zero attached hydrogens (tertiary/aromatic N) is 2. The maximum absolute atomic E-state index is 13.7. The SMILES string of the molecule is CCOc1ccc(-c2n[nH]c(=S)n2CC(=O)NC2CCSc3ccc(F)cc32)cc1. The molecule has 30 heavy (non-hydrogen) atoms. The standard InChI is InChI=1S/C21H21FN4O2S2/c1-2-28-15-6-3-13(4-7-15)20-24-25-21(29)26(20)12-19(27)23-17-9-10-30-18-8-5-14(22)11-16(17)18/h3-8,11,17H,2,9-10,12H2,1H3,(H,23,27)(H,25,29). The first-order chi connectivity index (χ1) is 14.5. The average molecular weight is 445 g/mol. The molecule has 2 aromatic carbocycles. The summed E-state index contributed by atoms with van der Waals surface area (Å²) in [5, 5.41) is 10.1. The largest absolute Gasteiger partial charge is 0.494 e. The number of nitrogens with one attached hydrogen (secondary N) is 2. The number of aromatic amines is 1. The third-order valence-corrected chi connectivity index (χ3v) is 6.26. The number of hydrogen-bond donors (Lipinski definition) is 2. The van der Waals surface area contributed by atoms with Crippen LogP contribution < -0.4 is 10.1 Å². The number of aromatic nitrogens is 3. The Morgan fingerprint density at radius 1 is 1.37 bits per heavy atom. The Bertz CT molecular complexity index is 1110. The lowest BCUT2D eigenvalue weighted by Crippen LogP contribution is -2.33. The highest BCUT2D eigenvalue weighted by Gasteiger charge is 2.23. The van der Waals surface area contributed by atoms with Crippen LogP contribution in [0.2, 0.25) is 0 Å². The summed E-state index contributed by atoms with van der Waals surface area (Å²) in [7, 11) is 0. The molecule has 0 bridgehead atoms. The van der Waals surface area contributed by atoms with Crippen molar-refractivity contribution in [2.75, 3.05) is 12.4 Å². The van der Waals surface area contributed by atoms with Crippen molar-refractivity contribution in [2.24, 2.45) is 0 Å². The van der Waals surface area contributed by atoms with Crippen LogP contribution in [0.15, 0.2) is 47.4 Å². The van der Waals surface area contributed by atoms with Gasteiger partial charge < -0.3 is 10.1 Å². The molecule has 4 rings (SSSR count). The van der Waals surface area contributed by atoms with E-state index in [9.17, 15) is 9.18 Å². The van der Waals surface area contributed by atoms with E-state index in [1.165, 1.54) is 12.1 Å². The zero-order chi connectivity index (χ0) is 21.1. The molecule has 1 amide bonds. The molecule has 6 nitrogen and oxygen atoms in total. The van der Waals surface area contributed by atoms with Crippen molar-refractivity contribution in [1.29, 1.82) is 0 Å². The minimum absolute atomic E-state index is 0.0200. The molecule has 1 aliphatic heterocycles. The van der Waals surface area contributed by atoms with Gasteiger partial charge in [-0.25, -0.2) is 4.39 Å². The Morgan fingerprint density at radius 3 is 2.93 bits per heavy atom. The van der Waals surface area contributed by atoms with Gasteiger partial charge in [-0.3, -0.25) is 14.5 Å². The van der Waals surface area contributed by atoms with Gasteiger partial charge in [-0.1, -0.05) is 0 Å². The molecular weight excluding hydrogens is 423 g/mol. The van der Waals surface area contributed by atoms with E-state index in [0.717, 1.165) is 33.9 Å². The Kier molecular flexibility index (Phi) is 6.19. The molecule has 2 N–H and O–H groups in total. The number of benzene rings is 2. The fourth-order valence-corrected chi connectivity index (χ4v) is 4.75. The molecule has 2 heterocycles. The summed E-state index contributed by atoms with van der Waals surface area (Å²) in [4.78, 5) is 13.8. The van der Waals surface area contributed by atoms with E-state index in [1.54, 1.807) is 22.4 Å². The zero-order valence-electron chi connectivity index (χ0n) is 16.4. The molecule has 1 aliphatic rings. The van der Waals surface area contributed by atoms with E-state index in [1.807, 2.05) is 31.2 Å². The molecule has 1 unspecified atom stereocenters. The van der Waals surface area contributed by atoms with E-state index in [0.29, 0.717) is 17.2 Å². The Morgan fingerprint density at radius 2 is 2.17 bits per heavy atom. The van der Waals surface area contributed by atoms with Gasteiger partial charge in [-0.05, 0) is 73.6 Å². The second kappa shape index (κ2) is 9.01. The molecule has 0 aliphatic carbocycles. The average Bonchev–Trinajstić information content (AvgIpc) is 3.09. The number of hydrogen-bond acceptors (Lipinski definition) is 5. The minimum Gasteiger partial charge on any atom is -0.494 e. The summed E-state index contributed by atoms with van der Waals surface area (Å²) in [6, 6.07) is 12.0. The summed E-state index contributed by atoms with van der Waals surface area (Å²) in [6.45, 7) is 2.53. The summed E-state index contributed by atoms with van der Waals surface area (Å²) in [5.74, 6) is 1.70. The van der Waals surface area contributed by atoms with Crippen LogP contribution in [0.4, 0.5) is 4.39 Å². The second-order valence-electron chi connectivity index (χ2n) is 6.84. The number of carbonyl (C=O) groups excluding carboxylic acids is 1. The number of rotatable bonds is 6. The lowest BCUT2D eigenvalue weighted by molar-refractivity contribution is -0.122. The van der Waals surface area contributed by atoms with Crippen molar-refractivity contribution in [3.63, 3.8) is 0 Å². The third kappa shape index (κ3) is 4.41. The van der Waals surface area contributed by atoms with Crippen molar-refractivity contribution < 1.29 is 13.9 Å². The first-order valence-corrected chi connectivity index (χ1v) is 11.0. The van der Waals surface area contributed by atoms with Crippen LogP contribution in [0.3, 0.4) is 0 Å². The maximum Gasteiger partial charge on any atom is 0.240 e. The smallest absolute Gasteiger partial charge is 0.240 e. The fraction of sp³-hybridized carbons (Fsp3) is 0.286. The molecule has 0 saturated carbocycles. The minimum atomic E-state index is -0.301. The van der Waals surface area contributed by atoms with Crippen LogP contribution in [-0.2, 0) is 11.3 Å². The first kappa shape index (κ1) is 20.6. The van der Waals surface area contributed by atoms with Gasteiger partial charge in [0.2, 0.25) is 5.91 Å². The Hall–Kier alpha value is -2.65. The number of amides is 1. The van der Waals surface area contributed by atoms with Gasteiger partial charge in [0.15, 0.2) is 10.6 Å². The van der Waals surface area contributed by atoms with E-state index in [-0.39, 0.29) is 24.3 Å². The van der Waals surface area contributed by atoms with E-state index in [2.05, 4.69) is 15.5 Å². The summed E-state index contributed by atoms with van der Waals surface area (Å²) >= 11 is 7.01. The van der Waals surface area contributed by atoms with Crippen LogP contribution in [0.25, 0.3) is 11.4 Å². The maximum atomic E-state index is 13.7. The van der Waals surface area contributed by atoms with E-state index < -0.39 is 0 Å². The first-order valence-electron chi connectivity index (χ1n) is 9.65. The highest BCUT2D eigenvalue weighted by molar-refractivity contribution is 7.99. The second-order valence-corrected chi connectivity index (χ2v) is 8.36. The Balaban J connectivity index is 1.52. The normalized spacial score (nSPS) is 15.5. The number of H-pyrrole nitrogens is 1. The molecule has 0 saturated heterocycles. The fourth-order valence-electron chi connectivity index (χ4n) is 3.45. The lowest BCUT2D eigenvalue weighted by atomic mass is 10.0. The van der Waals surface area contributed by atoms with E-state index >= 15 is 0 Å². The summed E-state index contributed by atoms with van der Waals surface area (Å²) in [5.41, 5.74) is 1.64. The van der Waals surface area contributed by atoms with Crippen LogP contribution in [-0.4, -0.2) is 33.0 Å². The highest BCUT2D eigenvalue weighted by atomic mass is 32.2. The van der Waals surface area contributed by atoms with Gasteiger partial charge in [0, 0.05) is 16.2 Å². The molecule has 0 radical (unpaired) electrons. The van der Waals surface area contributed by atoms with Crippen LogP contribution in [0.5, 0.6) is 5.75 Å². The van der Waals surface area contributed by atoms with Crippen molar-refractivity contribution in [2.45, 2.75) is 30.8 Å². The quantitative estimate of drug-likeness (QED) is 0.548. The molecule has 0 spiro atoms. The Labute approximate surface area is 182 Å². The van der Waals surface area contributed by atoms with E-state index in [4.69, 9.17) is 17.0 Å². The van der Waals surface area contributed by atoms with Crippen molar-refractivity contribution in [3.05, 3.63) is 58.6 Å². The van der Waals surface area contributed by atoms with Crippen molar-refractivity contribution in [1.82, 2.24) is 20.1 Å². The van der Waals surface area contributed by atoms with Gasteiger partial charge in [0.1, 0.15) is 18.1 Å². The molecule has 9 heteroatoms. The topological polar surface area (TPSA) is 71.9 Å². The van der Waals surface area contributed by atoms with Crippen LogP contribution in [0.1, 0.15) is 24.9 Å². The number of halogens is 1. The van der Waals surface area contributed by atoms with Gasteiger partial charge in [0.25, 0.3) is 0 Å². The predicted octanol–water partition coefficient (Wildman–Crippen LogP) is 4.50. The number of carbonyl (C=O) groups is 1. The molecule has 1 aromatic heterocycles.